The van der Waals surface area contributed by atoms with Gasteiger partial charge in [0.05, 0.1) is 11.6 Å². The van der Waals surface area contributed by atoms with E-state index in [2.05, 4.69) is 33.7 Å². The Balaban J connectivity index is 1.68. The molecule has 7 nitrogen and oxygen atoms in total. The van der Waals surface area contributed by atoms with Gasteiger partial charge in [0.1, 0.15) is 11.5 Å². The molecule has 1 atom stereocenters. The fraction of sp³-hybridized carbons (Fsp3) is 0.450. The number of aromatic nitrogens is 4. The van der Waals surface area contributed by atoms with Crippen LogP contribution in [0.1, 0.15) is 49.0 Å². The van der Waals surface area contributed by atoms with Gasteiger partial charge in [-0.15, -0.1) is 0 Å². The molecule has 142 valence electrons. The Morgan fingerprint density at radius 2 is 2.22 bits per heavy atom. The Morgan fingerprint density at radius 1 is 1.37 bits per heavy atom. The van der Waals surface area contributed by atoms with Crippen LogP contribution >= 0.6 is 0 Å². The number of amides is 1. The highest BCUT2D eigenvalue weighted by Crippen LogP contribution is 2.24. The van der Waals surface area contributed by atoms with Crippen molar-refractivity contribution in [1.82, 2.24) is 24.3 Å². The molecular formula is C20H25N5O2. The van der Waals surface area contributed by atoms with Crippen molar-refractivity contribution in [2.75, 3.05) is 13.2 Å². The van der Waals surface area contributed by atoms with Crippen LogP contribution in [0, 0.1) is 6.92 Å². The fourth-order valence-corrected chi connectivity index (χ4v) is 3.60. The summed E-state index contributed by atoms with van der Waals surface area (Å²) in [7, 11) is 0. The van der Waals surface area contributed by atoms with Crippen molar-refractivity contribution < 1.29 is 9.53 Å². The first-order chi connectivity index (χ1) is 13.0. The van der Waals surface area contributed by atoms with Crippen molar-refractivity contribution in [2.45, 2.75) is 45.8 Å². The number of hydrogen-bond acceptors (Lipinski definition) is 4. The quantitative estimate of drug-likeness (QED) is 0.752. The monoisotopic (exact) mass is 367 g/mol. The largest absolute Gasteiger partial charge is 0.376 e. The van der Waals surface area contributed by atoms with E-state index in [0.717, 1.165) is 36.5 Å². The Hall–Kier alpha value is -2.67. The number of fused-ring (bicyclic) bond motifs is 1. The summed E-state index contributed by atoms with van der Waals surface area (Å²) in [5.74, 6) is 1.42. The van der Waals surface area contributed by atoms with Gasteiger partial charge in [-0.25, -0.2) is 9.97 Å². The van der Waals surface area contributed by atoms with Gasteiger partial charge in [0.2, 0.25) is 0 Å². The highest BCUT2D eigenvalue weighted by atomic mass is 16.5. The number of pyridine rings is 1. The maximum Gasteiger partial charge on any atom is 0.272 e. The second-order valence-electron chi connectivity index (χ2n) is 7.26. The number of aryl methyl sites for hydroxylation is 1. The van der Waals surface area contributed by atoms with Crippen LogP contribution in [0.5, 0.6) is 0 Å². The minimum Gasteiger partial charge on any atom is -0.376 e. The lowest BCUT2D eigenvalue weighted by atomic mass is 10.2. The number of nitrogens with one attached hydrogen (secondary N) is 1. The third kappa shape index (κ3) is 3.35. The zero-order valence-electron chi connectivity index (χ0n) is 16.0. The third-order valence-corrected chi connectivity index (χ3v) is 4.98. The van der Waals surface area contributed by atoms with E-state index in [0.29, 0.717) is 24.1 Å². The molecule has 1 N–H and O–H groups in total. The van der Waals surface area contributed by atoms with E-state index in [-0.39, 0.29) is 12.0 Å². The summed E-state index contributed by atoms with van der Waals surface area (Å²) in [5, 5.41) is 2.97. The second kappa shape index (κ2) is 7.15. The SMILES string of the molecule is Cc1nc(-c2nc(C(=O)NC[C@H]3CCCO3)c3ccccn23)cn1C(C)C. The molecule has 0 bridgehead atoms. The first-order valence-corrected chi connectivity index (χ1v) is 9.47. The minimum atomic E-state index is -0.180. The van der Waals surface area contributed by atoms with E-state index < -0.39 is 0 Å². The maximum absolute atomic E-state index is 12.8. The van der Waals surface area contributed by atoms with E-state index in [1.807, 2.05) is 41.9 Å². The van der Waals surface area contributed by atoms with Crippen LogP contribution in [0.4, 0.5) is 0 Å². The Bertz CT molecular complexity index is 966. The molecule has 0 unspecified atom stereocenters. The predicted molar refractivity (Wildman–Crippen MR) is 103 cm³/mol. The number of ether oxygens (including phenoxy) is 1. The standard InChI is InChI=1S/C20H25N5O2/c1-13(2)25-12-16(22-14(25)3)19-23-18(17-8-4-5-9-24(17)19)20(26)21-11-15-7-6-10-27-15/h4-5,8-9,12-13,15H,6-7,10-11H2,1-3H3,(H,21,26)/t15-/m1/s1. The predicted octanol–water partition coefficient (Wildman–Crippen LogP) is 3.00. The van der Waals surface area contributed by atoms with Gasteiger partial charge in [-0.2, -0.15) is 0 Å². The smallest absolute Gasteiger partial charge is 0.272 e. The Kier molecular flexibility index (Phi) is 4.70. The van der Waals surface area contributed by atoms with E-state index in [9.17, 15) is 4.79 Å². The fourth-order valence-electron chi connectivity index (χ4n) is 3.60. The van der Waals surface area contributed by atoms with Crippen LogP contribution in [0.25, 0.3) is 17.0 Å². The van der Waals surface area contributed by atoms with Crippen molar-refractivity contribution in [3.05, 3.63) is 42.1 Å². The Labute approximate surface area is 158 Å². The molecule has 0 saturated carbocycles. The number of carbonyl (C=O) groups excluding carboxylic acids is 1. The third-order valence-electron chi connectivity index (χ3n) is 4.98. The average Bonchev–Trinajstić information content (AvgIpc) is 3.37. The molecule has 3 aromatic heterocycles. The number of carbonyl (C=O) groups is 1. The van der Waals surface area contributed by atoms with Crippen molar-refractivity contribution in [1.29, 1.82) is 0 Å². The molecule has 1 fully saturated rings. The lowest BCUT2D eigenvalue weighted by molar-refractivity contribution is 0.0855. The normalized spacial score (nSPS) is 17.1. The van der Waals surface area contributed by atoms with Gasteiger partial charge in [0, 0.05) is 31.6 Å². The molecule has 1 aliphatic rings. The summed E-state index contributed by atoms with van der Waals surface area (Å²) >= 11 is 0. The summed E-state index contributed by atoms with van der Waals surface area (Å²) < 4.78 is 9.62. The molecule has 4 rings (SSSR count). The van der Waals surface area contributed by atoms with Crippen molar-refractivity contribution in [3.63, 3.8) is 0 Å². The molecule has 0 spiro atoms. The van der Waals surface area contributed by atoms with Gasteiger partial charge in [0.15, 0.2) is 11.5 Å². The molecular weight excluding hydrogens is 342 g/mol. The van der Waals surface area contributed by atoms with Crippen LogP contribution in [-0.4, -0.2) is 44.1 Å². The van der Waals surface area contributed by atoms with Gasteiger partial charge in [-0.3, -0.25) is 9.20 Å². The van der Waals surface area contributed by atoms with Crippen LogP contribution < -0.4 is 5.32 Å². The van der Waals surface area contributed by atoms with Gasteiger partial charge < -0.3 is 14.6 Å². The summed E-state index contributed by atoms with van der Waals surface area (Å²) in [4.78, 5) is 22.1. The van der Waals surface area contributed by atoms with Crippen LogP contribution in [-0.2, 0) is 4.74 Å². The highest BCUT2D eigenvalue weighted by Gasteiger charge is 2.22. The zero-order chi connectivity index (χ0) is 19.0. The number of imidazole rings is 2. The summed E-state index contributed by atoms with van der Waals surface area (Å²) in [6.07, 6.45) is 6.05. The summed E-state index contributed by atoms with van der Waals surface area (Å²) in [6.45, 7) is 7.50. The van der Waals surface area contributed by atoms with Crippen LogP contribution in [0.2, 0.25) is 0 Å². The van der Waals surface area contributed by atoms with Gasteiger partial charge in [0.25, 0.3) is 5.91 Å². The lowest BCUT2D eigenvalue weighted by Gasteiger charge is -2.09. The van der Waals surface area contributed by atoms with E-state index in [4.69, 9.17) is 4.74 Å². The molecule has 1 aliphatic heterocycles. The molecule has 4 heterocycles. The zero-order valence-corrected chi connectivity index (χ0v) is 16.0. The van der Waals surface area contributed by atoms with Gasteiger partial charge in [-0.05, 0) is 45.7 Å². The Morgan fingerprint density at radius 3 is 2.93 bits per heavy atom. The second-order valence-corrected chi connectivity index (χ2v) is 7.26. The first kappa shape index (κ1) is 17.7. The number of rotatable bonds is 5. The molecule has 7 heteroatoms. The van der Waals surface area contributed by atoms with Gasteiger partial charge in [-0.1, -0.05) is 6.07 Å². The van der Waals surface area contributed by atoms with Crippen molar-refractivity contribution >= 4 is 11.4 Å². The molecule has 3 aromatic rings. The van der Waals surface area contributed by atoms with E-state index in [1.54, 1.807) is 0 Å². The molecule has 0 aliphatic carbocycles. The number of hydrogen-bond donors (Lipinski definition) is 1. The van der Waals surface area contributed by atoms with Gasteiger partial charge >= 0.3 is 0 Å². The number of nitrogens with zero attached hydrogens (tertiary/aromatic N) is 4. The molecule has 27 heavy (non-hydrogen) atoms. The summed E-state index contributed by atoms with van der Waals surface area (Å²) in [6, 6.07) is 6.06. The summed E-state index contributed by atoms with van der Waals surface area (Å²) in [5.41, 5.74) is 1.95. The van der Waals surface area contributed by atoms with Crippen LogP contribution in [0.15, 0.2) is 30.6 Å². The van der Waals surface area contributed by atoms with Crippen LogP contribution in [0.3, 0.4) is 0 Å². The average molecular weight is 367 g/mol. The molecule has 0 radical (unpaired) electrons. The maximum atomic E-state index is 12.8. The first-order valence-electron chi connectivity index (χ1n) is 9.47. The minimum absolute atomic E-state index is 0.103. The van der Waals surface area contributed by atoms with E-state index >= 15 is 0 Å². The topological polar surface area (TPSA) is 73.4 Å². The molecule has 0 aromatic carbocycles. The van der Waals surface area contributed by atoms with E-state index in [1.165, 1.54) is 0 Å². The lowest BCUT2D eigenvalue weighted by Crippen LogP contribution is -2.32. The van der Waals surface area contributed by atoms with Crippen molar-refractivity contribution in [3.8, 4) is 11.5 Å². The highest BCUT2D eigenvalue weighted by molar-refractivity contribution is 6.00. The van der Waals surface area contributed by atoms with Crippen molar-refractivity contribution in [2.24, 2.45) is 0 Å². The molecule has 1 saturated heterocycles. The molecule has 1 amide bonds.